The largest absolute Gasteiger partial charge is 0.497 e. The van der Waals surface area contributed by atoms with Crippen LogP contribution in [-0.4, -0.2) is 17.9 Å². The summed E-state index contributed by atoms with van der Waals surface area (Å²) in [6, 6.07) is 23.2. The van der Waals surface area contributed by atoms with Crippen molar-refractivity contribution in [1.82, 2.24) is 4.98 Å². The van der Waals surface area contributed by atoms with Crippen molar-refractivity contribution < 1.29 is 9.53 Å². The first-order valence-corrected chi connectivity index (χ1v) is 9.79. The van der Waals surface area contributed by atoms with Crippen LogP contribution in [0.2, 0.25) is 0 Å². The highest BCUT2D eigenvalue weighted by molar-refractivity contribution is 6.11. The molecule has 2 N–H and O–H groups in total. The summed E-state index contributed by atoms with van der Waals surface area (Å²) in [5, 5.41) is 4.37. The Kier molecular flexibility index (Phi) is 5.34. The molecule has 0 amide bonds. The van der Waals surface area contributed by atoms with Gasteiger partial charge in [0.25, 0.3) is 0 Å². The second kappa shape index (κ2) is 8.23. The molecule has 29 heavy (non-hydrogen) atoms. The second-order valence-corrected chi connectivity index (χ2v) is 7.02. The molecule has 0 spiro atoms. The number of hydrogen-bond donors (Lipinski definition) is 2. The van der Waals surface area contributed by atoms with Crippen LogP contribution >= 0.6 is 0 Å². The minimum absolute atomic E-state index is 0.0264. The molecule has 146 valence electrons. The van der Waals surface area contributed by atoms with E-state index in [0.717, 1.165) is 34.3 Å². The van der Waals surface area contributed by atoms with E-state index in [1.54, 1.807) is 7.11 Å². The van der Waals surface area contributed by atoms with Gasteiger partial charge in [0.2, 0.25) is 0 Å². The highest BCUT2D eigenvalue weighted by Gasteiger charge is 2.24. The summed E-state index contributed by atoms with van der Waals surface area (Å²) in [4.78, 5) is 16.9. The highest BCUT2D eigenvalue weighted by Crippen LogP contribution is 2.29. The number of ketones is 1. The molecule has 4 aromatic rings. The fourth-order valence-corrected chi connectivity index (χ4v) is 3.57. The number of carbonyl (C=O) groups is 1. The number of aromatic amines is 1. The zero-order chi connectivity index (χ0) is 20.2. The maximum absolute atomic E-state index is 13.7. The van der Waals surface area contributed by atoms with Crippen molar-refractivity contribution in [3.8, 4) is 5.75 Å². The first kappa shape index (κ1) is 18.8. The average molecular weight is 384 g/mol. The first-order valence-electron chi connectivity index (χ1n) is 9.79. The Morgan fingerprint density at radius 1 is 1.03 bits per heavy atom. The molecule has 3 aromatic carbocycles. The number of aryl methyl sites for hydroxylation is 1. The van der Waals surface area contributed by atoms with Gasteiger partial charge >= 0.3 is 0 Å². The normalized spacial score (nSPS) is 11.9. The summed E-state index contributed by atoms with van der Waals surface area (Å²) in [7, 11) is 1.64. The number of anilines is 1. The number of rotatable bonds is 7. The lowest BCUT2D eigenvalue weighted by Crippen LogP contribution is -2.21. The number of hydrogen-bond acceptors (Lipinski definition) is 3. The lowest BCUT2D eigenvalue weighted by molar-refractivity contribution is 0.0971. The monoisotopic (exact) mass is 384 g/mol. The van der Waals surface area contributed by atoms with Crippen LogP contribution < -0.4 is 10.1 Å². The van der Waals surface area contributed by atoms with E-state index in [1.165, 1.54) is 5.56 Å². The number of H-pyrrole nitrogens is 1. The Labute approximate surface area is 170 Å². The number of benzene rings is 3. The van der Waals surface area contributed by atoms with Gasteiger partial charge in [-0.3, -0.25) is 4.79 Å². The molecule has 1 unspecified atom stereocenters. The van der Waals surface area contributed by atoms with Crippen LogP contribution in [0.1, 0.15) is 34.5 Å². The van der Waals surface area contributed by atoms with Gasteiger partial charge in [-0.25, -0.2) is 0 Å². The maximum Gasteiger partial charge on any atom is 0.191 e. The molecule has 0 bridgehead atoms. The van der Waals surface area contributed by atoms with E-state index < -0.39 is 6.04 Å². The Bertz CT molecular complexity index is 1130. The van der Waals surface area contributed by atoms with Crippen molar-refractivity contribution in [3.63, 3.8) is 0 Å². The van der Waals surface area contributed by atoms with Crippen molar-refractivity contribution in [2.24, 2.45) is 0 Å². The Balaban J connectivity index is 1.76. The zero-order valence-electron chi connectivity index (χ0n) is 16.6. The molecule has 0 aliphatic carbocycles. The van der Waals surface area contributed by atoms with Crippen molar-refractivity contribution in [1.29, 1.82) is 0 Å². The molecule has 4 heteroatoms. The molecule has 4 rings (SSSR count). The molecule has 1 atom stereocenters. The van der Waals surface area contributed by atoms with Gasteiger partial charge in [0.05, 0.1) is 7.11 Å². The number of ether oxygens (including phenoxy) is 1. The van der Waals surface area contributed by atoms with E-state index in [-0.39, 0.29) is 5.78 Å². The van der Waals surface area contributed by atoms with Gasteiger partial charge in [-0.15, -0.1) is 0 Å². The van der Waals surface area contributed by atoms with Crippen molar-refractivity contribution in [2.75, 3.05) is 12.4 Å². The fourth-order valence-electron chi connectivity index (χ4n) is 3.57. The standard InChI is InChI=1S/C25H24N2O2/c1-3-17-12-13-23-21(14-17)22(16-26-23)25(28)24(18-8-5-4-6-9-18)27-19-10-7-11-20(15-19)29-2/h4-16,24,26-27H,3H2,1-2H3. The SMILES string of the molecule is CCc1ccc2[nH]cc(C(=O)C(Nc3cccc(OC)c3)c3ccccc3)c2c1. The molecular formula is C25H24N2O2. The number of nitrogens with one attached hydrogen (secondary N) is 2. The predicted octanol–water partition coefficient (Wildman–Crippen LogP) is 5.78. The Hall–Kier alpha value is -3.53. The summed E-state index contributed by atoms with van der Waals surface area (Å²) < 4.78 is 5.33. The summed E-state index contributed by atoms with van der Waals surface area (Å²) in [5.41, 5.74) is 4.63. The average Bonchev–Trinajstić information content (AvgIpc) is 3.21. The molecule has 0 saturated carbocycles. The summed E-state index contributed by atoms with van der Waals surface area (Å²) >= 11 is 0. The summed E-state index contributed by atoms with van der Waals surface area (Å²) in [6.45, 7) is 2.12. The van der Waals surface area contributed by atoms with E-state index in [0.29, 0.717) is 5.56 Å². The van der Waals surface area contributed by atoms with Crippen LogP contribution in [0.15, 0.2) is 79.0 Å². The molecule has 0 fully saturated rings. The third kappa shape index (κ3) is 3.87. The molecule has 1 aromatic heterocycles. The topological polar surface area (TPSA) is 54.1 Å². The highest BCUT2D eigenvalue weighted by atomic mass is 16.5. The molecule has 4 nitrogen and oxygen atoms in total. The number of fused-ring (bicyclic) bond motifs is 1. The van der Waals surface area contributed by atoms with Crippen LogP contribution in [0.25, 0.3) is 10.9 Å². The predicted molar refractivity (Wildman–Crippen MR) is 118 cm³/mol. The molecule has 0 radical (unpaired) electrons. The maximum atomic E-state index is 13.7. The van der Waals surface area contributed by atoms with Crippen molar-refractivity contribution in [3.05, 3.63) is 95.7 Å². The fraction of sp³-hybridized carbons (Fsp3) is 0.160. The van der Waals surface area contributed by atoms with Gasteiger partial charge in [-0.1, -0.05) is 49.4 Å². The van der Waals surface area contributed by atoms with Gasteiger partial charge in [0, 0.05) is 34.4 Å². The second-order valence-electron chi connectivity index (χ2n) is 7.02. The Morgan fingerprint density at radius 3 is 2.62 bits per heavy atom. The quantitative estimate of drug-likeness (QED) is 0.397. The van der Waals surface area contributed by atoms with Gasteiger partial charge in [0.15, 0.2) is 5.78 Å². The van der Waals surface area contributed by atoms with Crippen LogP contribution in [0.4, 0.5) is 5.69 Å². The third-order valence-corrected chi connectivity index (χ3v) is 5.20. The molecule has 0 aliphatic heterocycles. The number of Topliss-reactive ketones (excluding diaryl/α,β-unsaturated/α-hetero) is 1. The number of aromatic nitrogens is 1. The van der Waals surface area contributed by atoms with Gasteiger partial charge in [0.1, 0.15) is 11.8 Å². The zero-order valence-corrected chi connectivity index (χ0v) is 16.6. The molecular weight excluding hydrogens is 360 g/mol. The van der Waals surface area contributed by atoms with Gasteiger partial charge < -0.3 is 15.0 Å². The summed E-state index contributed by atoms with van der Waals surface area (Å²) in [6.07, 6.45) is 2.74. The van der Waals surface area contributed by atoms with E-state index in [4.69, 9.17) is 4.74 Å². The lowest BCUT2D eigenvalue weighted by Gasteiger charge is -2.20. The van der Waals surface area contributed by atoms with E-state index in [9.17, 15) is 4.79 Å². The van der Waals surface area contributed by atoms with Crippen molar-refractivity contribution in [2.45, 2.75) is 19.4 Å². The summed E-state index contributed by atoms with van der Waals surface area (Å²) in [5.74, 6) is 0.771. The van der Waals surface area contributed by atoms with E-state index >= 15 is 0 Å². The van der Waals surface area contributed by atoms with Crippen LogP contribution in [0.3, 0.4) is 0 Å². The molecule has 0 aliphatic rings. The smallest absolute Gasteiger partial charge is 0.191 e. The van der Waals surface area contributed by atoms with Crippen LogP contribution in [0, 0.1) is 0 Å². The minimum atomic E-state index is -0.507. The van der Waals surface area contributed by atoms with Crippen LogP contribution in [-0.2, 0) is 6.42 Å². The minimum Gasteiger partial charge on any atom is -0.497 e. The lowest BCUT2D eigenvalue weighted by atomic mass is 9.96. The Morgan fingerprint density at radius 2 is 1.86 bits per heavy atom. The number of carbonyl (C=O) groups excluding carboxylic acids is 1. The molecule has 0 saturated heterocycles. The van der Waals surface area contributed by atoms with E-state index in [2.05, 4.69) is 29.4 Å². The third-order valence-electron chi connectivity index (χ3n) is 5.20. The first-order chi connectivity index (χ1) is 14.2. The van der Waals surface area contributed by atoms with Gasteiger partial charge in [-0.2, -0.15) is 0 Å². The molecule has 1 heterocycles. The van der Waals surface area contributed by atoms with E-state index in [1.807, 2.05) is 66.9 Å². The van der Waals surface area contributed by atoms with Gasteiger partial charge in [-0.05, 0) is 41.8 Å². The number of methoxy groups -OCH3 is 1. The van der Waals surface area contributed by atoms with Crippen molar-refractivity contribution >= 4 is 22.4 Å². The van der Waals surface area contributed by atoms with Crippen LogP contribution in [0.5, 0.6) is 5.75 Å².